The summed E-state index contributed by atoms with van der Waals surface area (Å²) >= 11 is 0. The van der Waals surface area contributed by atoms with Crippen LogP contribution in [-0.2, 0) is 4.74 Å². The number of carbonyl (C=O) groups excluding carboxylic acids is 1. The van der Waals surface area contributed by atoms with E-state index in [0.29, 0.717) is 16.8 Å². The first-order valence-electron chi connectivity index (χ1n) is 9.58. The van der Waals surface area contributed by atoms with Gasteiger partial charge in [0.05, 0.1) is 12.7 Å². The minimum Gasteiger partial charge on any atom is -0.444 e. The molecule has 0 radical (unpaired) electrons. The zero-order chi connectivity index (χ0) is 23.9. The molecular weight excluding hydrogens is 482 g/mol. The van der Waals surface area contributed by atoms with E-state index in [9.17, 15) is 28.2 Å². The Bertz CT molecular complexity index is 906. The smallest absolute Gasteiger partial charge is 0.444 e. The van der Waals surface area contributed by atoms with Crippen molar-refractivity contribution in [3.63, 3.8) is 0 Å². The van der Waals surface area contributed by atoms with Crippen molar-refractivity contribution in [2.24, 2.45) is 0 Å². The molecule has 0 aliphatic rings. The van der Waals surface area contributed by atoms with Crippen LogP contribution >= 0.6 is 0 Å². The number of benzene rings is 1. The topological polar surface area (TPSA) is 113 Å². The summed E-state index contributed by atoms with van der Waals surface area (Å²) in [6.07, 6.45) is -3.69. The maximum atomic E-state index is 12.3. The van der Waals surface area contributed by atoms with Crippen LogP contribution in [0.2, 0.25) is 0 Å². The standard InChI is InChI=1S/C21H25F3N3O5.CH3.K/c1-20(2,3)32-19(30)26-11-9-16-15(17(29)12-28)8-10-25-18(16)27-13-4-6-14(7-5-13)31-21(22,23)24;;/h4-10,17,28-29H,11-12H2,1-3H3,(H,25,27)(H,26,30);1H3;/q2*-1;+1. The van der Waals surface area contributed by atoms with Gasteiger partial charge in [-0.25, -0.2) is 4.79 Å². The number of hydrogen-bond donors (Lipinski definition) is 4. The molecule has 1 amide bonds. The predicted octanol–water partition coefficient (Wildman–Crippen LogP) is 1.28. The quantitative estimate of drug-likeness (QED) is 0.313. The molecule has 0 aliphatic heterocycles. The number of ether oxygens (including phenoxy) is 2. The average molecular weight is 511 g/mol. The molecule has 184 valence electrons. The largest absolute Gasteiger partial charge is 1.00 e. The number of rotatable bonds is 8. The van der Waals surface area contributed by atoms with E-state index in [1.54, 1.807) is 27.2 Å². The fourth-order valence-electron chi connectivity index (χ4n) is 2.62. The number of pyridine rings is 1. The number of halogens is 3. The van der Waals surface area contributed by atoms with Gasteiger partial charge in [0.15, 0.2) is 0 Å². The van der Waals surface area contributed by atoms with Crippen molar-refractivity contribution in [3.05, 3.63) is 61.5 Å². The summed E-state index contributed by atoms with van der Waals surface area (Å²) in [4.78, 5) is 16.1. The van der Waals surface area contributed by atoms with Gasteiger partial charge in [0.2, 0.25) is 0 Å². The molecule has 1 aromatic carbocycles. The number of aliphatic hydroxyl groups excluding tert-OH is 2. The van der Waals surface area contributed by atoms with Crippen molar-refractivity contribution >= 4 is 17.6 Å². The summed E-state index contributed by atoms with van der Waals surface area (Å²) < 4.78 is 46.0. The average Bonchev–Trinajstić information content (AvgIpc) is 2.67. The third-order valence-corrected chi connectivity index (χ3v) is 3.86. The molecule has 0 saturated heterocycles. The summed E-state index contributed by atoms with van der Waals surface area (Å²) in [5, 5.41) is 25.0. The number of nitrogens with zero attached hydrogens (tertiary/aromatic N) is 1. The van der Waals surface area contributed by atoms with Crippen LogP contribution < -0.4 is 66.8 Å². The summed E-state index contributed by atoms with van der Waals surface area (Å²) in [5.74, 6) is -0.126. The first-order chi connectivity index (χ1) is 14.9. The number of hydrogen-bond acceptors (Lipinski definition) is 7. The third kappa shape index (κ3) is 11.3. The number of anilines is 2. The zero-order valence-electron chi connectivity index (χ0n) is 19.7. The molecule has 4 N–H and O–H groups in total. The van der Waals surface area contributed by atoms with Crippen LogP contribution in [0.4, 0.5) is 29.5 Å². The van der Waals surface area contributed by atoms with Gasteiger partial charge in [0.1, 0.15) is 11.4 Å². The summed E-state index contributed by atoms with van der Waals surface area (Å²) in [7, 11) is 0. The molecule has 0 spiro atoms. The van der Waals surface area contributed by atoms with E-state index >= 15 is 0 Å². The Kier molecular flexibility index (Phi) is 13.5. The first kappa shape index (κ1) is 32.5. The van der Waals surface area contributed by atoms with E-state index in [1.807, 2.05) is 0 Å². The van der Waals surface area contributed by atoms with Gasteiger partial charge in [-0.05, 0) is 51.6 Å². The van der Waals surface area contributed by atoms with Crippen LogP contribution in [0.25, 0.3) is 0 Å². The van der Waals surface area contributed by atoms with Gasteiger partial charge in [-0.15, -0.1) is 24.3 Å². The van der Waals surface area contributed by atoms with E-state index < -0.39 is 30.8 Å². The molecule has 1 atom stereocenters. The van der Waals surface area contributed by atoms with E-state index in [1.165, 1.54) is 24.4 Å². The number of carbonyl (C=O) groups is 1. The van der Waals surface area contributed by atoms with Gasteiger partial charge in [-0.1, -0.05) is 6.07 Å². The van der Waals surface area contributed by atoms with Gasteiger partial charge in [0.25, 0.3) is 0 Å². The van der Waals surface area contributed by atoms with Crippen LogP contribution in [0.1, 0.15) is 38.0 Å². The maximum Gasteiger partial charge on any atom is 1.00 e. The number of alkyl carbamates (subject to hydrolysis) is 1. The molecule has 0 bridgehead atoms. The fraction of sp³-hybridized carbons (Fsp3) is 0.364. The van der Waals surface area contributed by atoms with Crippen molar-refractivity contribution in [2.45, 2.75) is 38.8 Å². The molecular formula is C22H28F3KN3O5-. The van der Waals surface area contributed by atoms with Crippen LogP contribution in [-0.4, -0.2) is 46.4 Å². The minimum atomic E-state index is -4.80. The first-order valence-corrected chi connectivity index (χ1v) is 9.58. The second-order valence-electron chi connectivity index (χ2n) is 7.64. The van der Waals surface area contributed by atoms with Crippen molar-refractivity contribution in [1.82, 2.24) is 10.3 Å². The number of amides is 1. The summed E-state index contributed by atoms with van der Waals surface area (Å²) in [5.41, 5.74) is 0.455. The SMILES string of the molecule is CC(C)(C)OC(=O)NC[CH-]c1c(C(O)CO)ccnc1Nc1ccc(OC(F)(F)F)cc1.[CH3-].[K+]. The molecule has 8 nitrogen and oxygen atoms in total. The molecule has 0 fully saturated rings. The summed E-state index contributed by atoms with van der Waals surface area (Å²) in [6.45, 7) is 4.65. The third-order valence-electron chi connectivity index (χ3n) is 3.86. The second kappa shape index (κ2) is 14.1. The Balaban J connectivity index is 0.00000544. The molecule has 2 aromatic rings. The van der Waals surface area contributed by atoms with Crippen molar-refractivity contribution in [2.75, 3.05) is 18.5 Å². The molecule has 34 heavy (non-hydrogen) atoms. The zero-order valence-corrected chi connectivity index (χ0v) is 22.9. The van der Waals surface area contributed by atoms with Gasteiger partial charge < -0.3 is 42.7 Å². The van der Waals surface area contributed by atoms with E-state index in [0.717, 1.165) is 12.1 Å². The Morgan fingerprint density at radius 2 is 1.79 bits per heavy atom. The van der Waals surface area contributed by atoms with Crippen LogP contribution in [0.3, 0.4) is 0 Å². The van der Waals surface area contributed by atoms with Crippen molar-refractivity contribution in [3.8, 4) is 5.75 Å². The normalized spacial score (nSPS) is 11.9. The Morgan fingerprint density at radius 3 is 2.32 bits per heavy atom. The molecule has 1 aromatic heterocycles. The van der Waals surface area contributed by atoms with Gasteiger partial charge in [-0.2, -0.15) is 6.42 Å². The molecule has 1 unspecified atom stereocenters. The number of aromatic nitrogens is 1. The van der Waals surface area contributed by atoms with Crippen molar-refractivity contribution < 1.29 is 89.0 Å². The van der Waals surface area contributed by atoms with Gasteiger partial charge in [-0.3, -0.25) is 0 Å². The maximum absolute atomic E-state index is 12.3. The molecule has 1 heterocycles. The number of alkyl halides is 3. The number of aliphatic hydroxyl groups is 2. The molecule has 2 rings (SSSR count). The monoisotopic (exact) mass is 510 g/mol. The Labute approximate surface area is 239 Å². The Hall–Kier alpha value is -1.54. The fourth-order valence-corrected chi connectivity index (χ4v) is 2.62. The Morgan fingerprint density at radius 1 is 1.18 bits per heavy atom. The predicted molar refractivity (Wildman–Crippen MR) is 117 cm³/mol. The van der Waals surface area contributed by atoms with E-state index in [4.69, 9.17) is 4.74 Å². The van der Waals surface area contributed by atoms with E-state index in [-0.39, 0.29) is 76.9 Å². The number of nitrogens with one attached hydrogen (secondary N) is 2. The molecule has 12 heteroatoms. The van der Waals surface area contributed by atoms with Crippen LogP contribution in [0.5, 0.6) is 5.75 Å². The van der Waals surface area contributed by atoms with Crippen LogP contribution in [0, 0.1) is 13.8 Å². The van der Waals surface area contributed by atoms with E-state index in [2.05, 4.69) is 20.4 Å². The van der Waals surface area contributed by atoms with Crippen LogP contribution in [0.15, 0.2) is 36.5 Å². The van der Waals surface area contributed by atoms with Gasteiger partial charge >= 0.3 is 63.8 Å². The molecule has 0 aliphatic carbocycles. The van der Waals surface area contributed by atoms with Gasteiger partial charge in [0, 0.05) is 17.7 Å². The summed E-state index contributed by atoms with van der Waals surface area (Å²) in [6, 6.07) is 6.50. The minimum absolute atomic E-state index is 0. The second-order valence-corrected chi connectivity index (χ2v) is 7.64. The molecule has 0 saturated carbocycles. The van der Waals surface area contributed by atoms with Crippen molar-refractivity contribution in [1.29, 1.82) is 0 Å².